The number of likely N-dealkylation sites (tertiary alicyclic amines) is 1. The van der Waals surface area contributed by atoms with Gasteiger partial charge >= 0.3 is 5.97 Å². The van der Waals surface area contributed by atoms with Gasteiger partial charge in [-0.25, -0.2) is 4.98 Å². The lowest BCUT2D eigenvalue weighted by Gasteiger charge is -2.65. The third-order valence-electron chi connectivity index (χ3n) is 15.3. The maximum absolute atomic E-state index is 14.5. The smallest absolute Gasteiger partial charge is 0.302 e. The first-order valence-corrected chi connectivity index (χ1v) is 26.4. The number of rotatable bonds is 15. The van der Waals surface area contributed by atoms with Crippen LogP contribution in [0.4, 0.5) is 5.69 Å². The number of aryl methyl sites for hydroxylation is 1. The number of benzene rings is 3. The van der Waals surface area contributed by atoms with Gasteiger partial charge in [0.05, 0.1) is 45.9 Å². The molecule has 2 N–H and O–H groups in total. The van der Waals surface area contributed by atoms with Gasteiger partial charge in [0.2, 0.25) is 17.7 Å². The van der Waals surface area contributed by atoms with Gasteiger partial charge in [0.1, 0.15) is 42.7 Å². The summed E-state index contributed by atoms with van der Waals surface area (Å²) in [7, 11) is 0. The summed E-state index contributed by atoms with van der Waals surface area (Å²) >= 11 is 7.89. The average Bonchev–Trinajstić information content (AvgIpc) is 4.05. The van der Waals surface area contributed by atoms with Crippen LogP contribution in [0.1, 0.15) is 120 Å². The van der Waals surface area contributed by atoms with Crippen LogP contribution in [0.3, 0.4) is 0 Å². The number of amides is 4. The Morgan fingerprint density at radius 2 is 1.68 bits per heavy atom. The molecule has 8 rings (SSSR count). The minimum atomic E-state index is -0.995. The van der Waals surface area contributed by atoms with Crippen molar-refractivity contribution in [1.82, 2.24) is 25.4 Å². The van der Waals surface area contributed by atoms with E-state index in [1.54, 1.807) is 29.5 Å². The van der Waals surface area contributed by atoms with Crippen molar-refractivity contribution in [2.24, 2.45) is 22.2 Å². The second kappa shape index (κ2) is 21.1. The number of hydrogen-bond acceptors (Lipinski definition) is 12. The number of nitrogens with zero attached hydrogens (tertiary/aromatic N) is 5. The van der Waals surface area contributed by atoms with Crippen LogP contribution in [0.15, 0.2) is 66.2 Å². The average molecular weight is 1030 g/mol. The molecule has 0 bridgehead atoms. The molecular weight excluding hydrogens is 966 g/mol. The number of nitrogens with one attached hydrogen (secondary N) is 2. The first-order chi connectivity index (χ1) is 34.5. The molecule has 0 unspecified atom stereocenters. The van der Waals surface area contributed by atoms with Gasteiger partial charge < -0.3 is 39.5 Å². The minimum absolute atomic E-state index is 0.0143. The number of fused-ring (bicyclic) bond motifs is 1. The number of esters is 1. The second-order valence-electron chi connectivity index (χ2n) is 22.5. The Hall–Kier alpha value is -6.02. The first kappa shape index (κ1) is 53.3. The lowest BCUT2D eigenvalue weighted by molar-refractivity contribution is -0.199. The molecule has 1 saturated carbocycles. The Balaban J connectivity index is 0.823. The highest BCUT2D eigenvalue weighted by atomic mass is 35.5. The molecule has 3 aliphatic heterocycles. The number of carbonyl (C=O) groups excluding carboxylic acids is 5. The topological polar surface area (TPSA) is 183 Å². The largest absolute Gasteiger partial charge is 0.489 e. The van der Waals surface area contributed by atoms with E-state index in [4.69, 9.17) is 25.8 Å². The van der Waals surface area contributed by atoms with E-state index in [2.05, 4.69) is 60.3 Å². The Kier molecular flexibility index (Phi) is 15.4. The number of piperidine rings is 1. The molecule has 4 aromatic rings. The fourth-order valence-electron chi connectivity index (χ4n) is 11.9. The predicted octanol–water partition coefficient (Wildman–Crippen LogP) is 8.66. The summed E-state index contributed by atoms with van der Waals surface area (Å²) in [5.74, 6) is -0.932. The summed E-state index contributed by atoms with van der Waals surface area (Å²) in [6.07, 6.45) is 0.936. The number of ether oxygens (including phenoxy) is 3. The number of aromatic nitrogens is 1. The van der Waals surface area contributed by atoms with E-state index in [0.29, 0.717) is 29.5 Å². The first-order valence-electron chi connectivity index (χ1n) is 25.2. The van der Waals surface area contributed by atoms with Crippen LogP contribution in [-0.4, -0.2) is 108 Å². The molecule has 3 fully saturated rings. The maximum Gasteiger partial charge on any atom is 0.302 e. The number of anilines is 1. The zero-order valence-corrected chi connectivity index (χ0v) is 45.1. The van der Waals surface area contributed by atoms with E-state index < -0.39 is 41.4 Å². The molecule has 4 atom stereocenters. The highest BCUT2D eigenvalue weighted by Crippen LogP contribution is 2.59. The van der Waals surface area contributed by atoms with Crippen molar-refractivity contribution in [3.8, 4) is 22.3 Å². The fraction of sp³-hybridized carbons (Fsp3) is 0.518. The summed E-state index contributed by atoms with van der Waals surface area (Å²) in [4.78, 5) is 79.2. The van der Waals surface area contributed by atoms with Crippen molar-refractivity contribution in [1.29, 1.82) is 5.26 Å². The SMILES string of the molecule is CC(=O)O[C@@H]1C[C@@H](C(=O)N[C@@H](C)c2ccc(-c3scnc3C)cc2)N(C(=O)[C@@H](NC(=O)COCC2CCN(c3ccc4c(c3)CN([C@H]3C(C)(C)[C@H](Oc5ccc(C#N)c(Cl)c5)C3(C)C)C4=O)CC2)C(C)(C)C)C1. The number of thiazole rings is 1. The zero-order valence-electron chi connectivity index (χ0n) is 43.5. The van der Waals surface area contributed by atoms with Gasteiger partial charge in [-0.15, -0.1) is 11.3 Å². The number of carbonyl (C=O) groups is 5. The molecule has 1 aliphatic carbocycles. The summed E-state index contributed by atoms with van der Waals surface area (Å²) in [5.41, 5.74) is 6.40. The van der Waals surface area contributed by atoms with E-state index in [0.717, 1.165) is 64.4 Å². The highest BCUT2D eigenvalue weighted by Gasteiger charge is 2.67. The molecule has 73 heavy (non-hydrogen) atoms. The summed E-state index contributed by atoms with van der Waals surface area (Å²) in [5, 5.41) is 15.6. The van der Waals surface area contributed by atoms with Gasteiger partial charge in [-0.2, -0.15) is 5.26 Å². The van der Waals surface area contributed by atoms with Crippen LogP contribution in [0, 0.1) is 40.4 Å². The van der Waals surface area contributed by atoms with Crippen LogP contribution in [0.25, 0.3) is 10.4 Å². The zero-order chi connectivity index (χ0) is 52.7. The van der Waals surface area contributed by atoms with Crippen molar-refractivity contribution >= 4 is 58.2 Å². The van der Waals surface area contributed by atoms with Gasteiger partial charge in [0.15, 0.2) is 0 Å². The van der Waals surface area contributed by atoms with Crippen LogP contribution in [0.5, 0.6) is 5.75 Å². The monoisotopic (exact) mass is 1030 g/mol. The van der Waals surface area contributed by atoms with E-state index in [-0.39, 0.29) is 66.3 Å². The van der Waals surface area contributed by atoms with Crippen LogP contribution >= 0.6 is 22.9 Å². The number of halogens is 1. The van der Waals surface area contributed by atoms with Gasteiger partial charge in [-0.1, -0.05) is 84.3 Å². The molecule has 4 aliphatic rings. The predicted molar refractivity (Wildman–Crippen MR) is 280 cm³/mol. The fourth-order valence-corrected chi connectivity index (χ4v) is 13.0. The molecule has 2 saturated heterocycles. The van der Waals surface area contributed by atoms with Crippen molar-refractivity contribution in [3.63, 3.8) is 0 Å². The summed E-state index contributed by atoms with van der Waals surface area (Å²) < 4.78 is 18.0. The Bertz CT molecular complexity index is 2780. The molecule has 388 valence electrons. The van der Waals surface area contributed by atoms with Gasteiger partial charge in [-0.05, 0) is 85.0 Å². The second-order valence-corrected chi connectivity index (χ2v) is 23.7. The standard InChI is InChI=1S/C56H68ClN7O8S/c1-32(36-11-13-37(14-12-36)47-33(2)59-31-73-47)60-49(67)45-25-42(71-34(3)65)28-63(45)51(69)48(54(4,5)6)61-46(66)30-70-29-35-19-21-62(22-20-35)40-16-18-43-39(23-40)27-64(50(43)68)52-55(7,8)53(56(52,9)10)72-41-17-15-38(26-58)44(57)24-41/h11-18,23-24,31-32,35,42,45,48,52-53H,19-22,25,27-30H2,1-10H3,(H,60,67)(H,61,66)/t32-,42+,45-,48+,52-,53-/m0/s1. The third-order valence-corrected chi connectivity index (χ3v) is 16.5. The summed E-state index contributed by atoms with van der Waals surface area (Å²) in [6, 6.07) is 18.9. The molecule has 0 radical (unpaired) electrons. The Labute approximate surface area is 437 Å². The van der Waals surface area contributed by atoms with Crippen molar-refractivity contribution in [2.75, 3.05) is 37.7 Å². The highest BCUT2D eigenvalue weighted by molar-refractivity contribution is 7.13. The van der Waals surface area contributed by atoms with E-state index in [1.807, 2.05) is 81.4 Å². The van der Waals surface area contributed by atoms with Gasteiger partial charge in [0.25, 0.3) is 5.91 Å². The van der Waals surface area contributed by atoms with E-state index >= 15 is 0 Å². The maximum atomic E-state index is 14.5. The molecule has 15 nitrogen and oxygen atoms in total. The normalized spacial score (nSPS) is 22.2. The summed E-state index contributed by atoms with van der Waals surface area (Å²) in [6.45, 7) is 21.5. The van der Waals surface area contributed by atoms with Crippen molar-refractivity contribution in [3.05, 3.63) is 99.1 Å². The number of hydrogen-bond donors (Lipinski definition) is 2. The molecular formula is C56H68ClN7O8S. The van der Waals surface area contributed by atoms with Crippen molar-refractivity contribution in [2.45, 2.75) is 131 Å². The van der Waals surface area contributed by atoms with Crippen LogP contribution in [-0.2, 0) is 35.2 Å². The van der Waals surface area contributed by atoms with Crippen molar-refractivity contribution < 1.29 is 38.2 Å². The lowest BCUT2D eigenvalue weighted by atomic mass is 9.49. The molecule has 4 amide bonds. The minimum Gasteiger partial charge on any atom is -0.489 e. The number of nitriles is 1. The van der Waals surface area contributed by atoms with Crippen LogP contribution in [0.2, 0.25) is 5.02 Å². The quantitative estimate of drug-likeness (QED) is 0.109. The Morgan fingerprint density at radius 1 is 0.986 bits per heavy atom. The van der Waals surface area contributed by atoms with E-state index in [1.165, 1.54) is 11.8 Å². The van der Waals surface area contributed by atoms with E-state index in [9.17, 15) is 29.2 Å². The molecule has 3 aromatic carbocycles. The van der Waals surface area contributed by atoms with Gasteiger partial charge in [-0.3, -0.25) is 24.0 Å². The van der Waals surface area contributed by atoms with Crippen LogP contribution < -0.4 is 20.3 Å². The molecule has 1 aromatic heterocycles. The Morgan fingerprint density at radius 3 is 2.30 bits per heavy atom. The molecule has 4 heterocycles. The van der Waals surface area contributed by atoms with Gasteiger partial charge in [0, 0.05) is 67.2 Å². The third kappa shape index (κ3) is 11.1. The molecule has 0 spiro atoms. The molecule has 17 heteroatoms. The lowest BCUT2D eigenvalue weighted by Crippen LogP contribution is -2.74.